The van der Waals surface area contributed by atoms with Crippen molar-refractivity contribution in [3.05, 3.63) is 23.3 Å². The molecule has 3 heterocycles. The molecule has 8 aliphatic rings. The minimum absolute atomic E-state index is 0.0135. The number of hydrogen-bond acceptors (Lipinski definition) is 19. The Labute approximate surface area is 391 Å². The lowest BCUT2D eigenvalue weighted by atomic mass is 9.35. The van der Waals surface area contributed by atoms with Crippen LogP contribution in [0.2, 0.25) is 0 Å². The molecule has 19 nitrogen and oxygen atoms in total. The van der Waals surface area contributed by atoms with Crippen LogP contribution >= 0.6 is 0 Å². The van der Waals surface area contributed by atoms with Gasteiger partial charge in [-0.05, 0) is 91.9 Å². The Morgan fingerprint density at radius 1 is 0.612 bits per heavy atom. The molecule has 384 valence electrons. The van der Waals surface area contributed by atoms with E-state index in [9.17, 15) is 66.4 Å². The number of fused-ring (bicyclic) bond motifs is 6. The molecule has 3 saturated heterocycles. The number of ether oxygens (including phenoxy) is 6. The lowest BCUT2D eigenvalue weighted by molar-refractivity contribution is -0.391. The number of aliphatic hydroxyl groups excluding tert-OH is 13. The van der Waals surface area contributed by atoms with E-state index in [1.165, 1.54) is 6.92 Å². The van der Waals surface area contributed by atoms with Crippen molar-refractivity contribution in [1.82, 2.24) is 0 Å². The Bertz CT molecular complexity index is 1840. The summed E-state index contributed by atoms with van der Waals surface area (Å²) in [5, 5.41) is 142. The molecule has 25 atom stereocenters. The van der Waals surface area contributed by atoms with Crippen LogP contribution in [0.25, 0.3) is 0 Å². The second-order valence-electron chi connectivity index (χ2n) is 22.9. The van der Waals surface area contributed by atoms with Crippen molar-refractivity contribution in [3.63, 3.8) is 0 Å². The van der Waals surface area contributed by atoms with Gasteiger partial charge in [-0.3, -0.25) is 0 Å². The summed E-state index contributed by atoms with van der Waals surface area (Å²) in [6.45, 7) is 10.5. The summed E-state index contributed by atoms with van der Waals surface area (Å²) in [6.07, 6.45) is -16.5. The summed E-state index contributed by atoms with van der Waals surface area (Å²) in [5.41, 5.74) is -0.899. The molecule has 5 aliphatic carbocycles. The highest BCUT2D eigenvalue weighted by Crippen LogP contribution is 2.74. The van der Waals surface area contributed by atoms with Crippen molar-refractivity contribution in [2.45, 2.75) is 197 Å². The highest BCUT2D eigenvalue weighted by Gasteiger charge is 2.69. The Morgan fingerprint density at radius 3 is 1.87 bits per heavy atom. The first kappa shape index (κ1) is 52.1. The van der Waals surface area contributed by atoms with E-state index in [4.69, 9.17) is 28.4 Å². The summed E-state index contributed by atoms with van der Waals surface area (Å²) >= 11 is 0. The Hall–Kier alpha value is -1.28. The van der Waals surface area contributed by atoms with Gasteiger partial charge in [0.1, 0.15) is 67.1 Å². The van der Waals surface area contributed by atoms with Crippen molar-refractivity contribution in [2.75, 3.05) is 33.0 Å². The van der Waals surface area contributed by atoms with Crippen LogP contribution < -0.4 is 0 Å². The maximum absolute atomic E-state index is 12.1. The van der Waals surface area contributed by atoms with E-state index in [2.05, 4.69) is 39.8 Å². The Morgan fingerprint density at radius 2 is 1.24 bits per heavy atom. The van der Waals surface area contributed by atoms with Gasteiger partial charge in [-0.25, -0.2) is 0 Å². The predicted molar refractivity (Wildman–Crippen MR) is 233 cm³/mol. The first-order valence-electron chi connectivity index (χ1n) is 24.3. The van der Waals surface area contributed by atoms with E-state index in [1.807, 2.05) is 6.92 Å². The zero-order chi connectivity index (χ0) is 49.0. The van der Waals surface area contributed by atoms with Gasteiger partial charge in [0.25, 0.3) is 0 Å². The van der Waals surface area contributed by atoms with E-state index >= 15 is 0 Å². The maximum atomic E-state index is 12.1. The van der Waals surface area contributed by atoms with Crippen LogP contribution in [0.1, 0.15) is 92.9 Å². The van der Waals surface area contributed by atoms with Crippen molar-refractivity contribution in [3.8, 4) is 0 Å². The molecule has 3 aliphatic heterocycles. The van der Waals surface area contributed by atoms with E-state index in [-0.39, 0.29) is 47.9 Å². The van der Waals surface area contributed by atoms with Gasteiger partial charge in [0, 0.05) is 22.9 Å². The van der Waals surface area contributed by atoms with E-state index in [0.717, 1.165) is 17.6 Å². The van der Waals surface area contributed by atoms with Crippen LogP contribution in [0.3, 0.4) is 0 Å². The lowest BCUT2D eigenvalue weighted by Crippen LogP contribution is -2.67. The van der Waals surface area contributed by atoms with Crippen molar-refractivity contribution in [2.24, 2.45) is 44.3 Å². The molecule has 19 heteroatoms. The second-order valence-corrected chi connectivity index (χ2v) is 22.9. The smallest absolute Gasteiger partial charge is 0.187 e. The van der Waals surface area contributed by atoms with Gasteiger partial charge >= 0.3 is 0 Å². The summed E-state index contributed by atoms with van der Waals surface area (Å²) < 4.78 is 36.1. The third kappa shape index (κ3) is 7.97. The topological polar surface area (TPSA) is 318 Å². The zero-order valence-electron chi connectivity index (χ0n) is 39.6. The lowest BCUT2D eigenvalue weighted by Gasteiger charge is -2.70. The van der Waals surface area contributed by atoms with Crippen molar-refractivity contribution < 1.29 is 94.8 Å². The van der Waals surface area contributed by atoms with Gasteiger partial charge in [0.05, 0.1) is 44.7 Å². The largest absolute Gasteiger partial charge is 0.396 e. The van der Waals surface area contributed by atoms with Crippen LogP contribution in [0, 0.1) is 44.3 Å². The molecule has 0 aromatic rings. The SMILES string of the molecule is C[C@H]1O[C@H](O[C@H]2CC[C@]3(C)[C@H](CC[C@@]4(C)[C@@H]3C=CC3=C5C[C@](C)(CO)CC[C@@]5(CO)[C@@H](O)C[C@@]34C)[C@]2(C)CO)[C@@H](O)[C@@H](O[C@@H]2O[C@@H](CO)[C@@H](O)[C@H](O)[C@@H]2O[C@@H]2O[C@@H](CO)[C@@H](O)[C@@H](O)[C@@H]2O)[C@@H]1O. The fourth-order valence-electron chi connectivity index (χ4n) is 14.6. The molecule has 3 saturated carbocycles. The molecule has 0 amide bonds. The first-order valence-corrected chi connectivity index (χ1v) is 24.3. The van der Waals surface area contributed by atoms with Crippen LogP contribution in [-0.2, 0) is 28.4 Å². The molecule has 8 rings (SSSR count). The molecule has 67 heavy (non-hydrogen) atoms. The van der Waals surface area contributed by atoms with E-state index < -0.39 is 134 Å². The van der Waals surface area contributed by atoms with Gasteiger partial charge in [0.15, 0.2) is 18.9 Å². The average molecular weight is 959 g/mol. The van der Waals surface area contributed by atoms with Gasteiger partial charge < -0.3 is 94.8 Å². The average Bonchev–Trinajstić information content (AvgIpc) is 3.30. The third-order valence-corrected chi connectivity index (χ3v) is 19.2. The van der Waals surface area contributed by atoms with E-state index in [0.29, 0.717) is 44.9 Å². The van der Waals surface area contributed by atoms with Crippen LogP contribution in [0.15, 0.2) is 23.3 Å². The molecular weight excluding hydrogens is 881 g/mol. The van der Waals surface area contributed by atoms with Crippen molar-refractivity contribution in [1.29, 1.82) is 0 Å². The first-order chi connectivity index (χ1) is 31.5. The van der Waals surface area contributed by atoms with Crippen LogP contribution in [-0.4, -0.2) is 204 Å². The summed E-state index contributed by atoms with van der Waals surface area (Å²) in [4.78, 5) is 0. The second kappa shape index (κ2) is 18.6. The minimum atomic E-state index is -1.91. The summed E-state index contributed by atoms with van der Waals surface area (Å²) in [5.74, 6) is -0.0620. The number of allylic oxidation sites excluding steroid dienone is 3. The normalized spacial score (nSPS) is 55.6. The molecule has 6 fully saturated rings. The molecule has 0 spiro atoms. The van der Waals surface area contributed by atoms with Crippen LogP contribution in [0.4, 0.5) is 0 Å². The summed E-state index contributed by atoms with van der Waals surface area (Å²) in [7, 11) is 0. The molecular formula is C48H78O19. The molecule has 0 bridgehead atoms. The minimum Gasteiger partial charge on any atom is -0.396 e. The quantitative estimate of drug-likeness (QED) is 0.105. The number of rotatable bonds is 11. The Balaban J connectivity index is 1.04. The van der Waals surface area contributed by atoms with Gasteiger partial charge in [-0.1, -0.05) is 52.3 Å². The summed E-state index contributed by atoms with van der Waals surface area (Å²) in [6, 6.07) is 0. The van der Waals surface area contributed by atoms with E-state index in [1.54, 1.807) is 0 Å². The third-order valence-electron chi connectivity index (χ3n) is 19.2. The fraction of sp³-hybridized carbons (Fsp3) is 0.917. The molecule has 0 aromatic carbocycles. The standard InChI is InChI=1S/C48H78O19/c1-22-31(55)38(66-42-39(35(59)33(57)26(18-50)64-42)67-40-36(60)34(58)32(56)25(17-49)63-40)37(61)41(62-22)65-30-10-11-44(3)27(45(30,4)20-52)9-12-46(5)28(44)8-7-23-24-15-43(2,19-51)13-14-48(24,21-53)29(54)16-47(23,46)6/h7-8,22,25-42,49-61H,9-21H2,1-6H3/t22-,25+,26+,27+,28-,29+,30+,31-,32-,33-,34-,35+,36+,37+,38+,39+,40+,41-,42+,43-,44-,45+,46+,47+,48+/m1/s1. The van der Waals surface area contributed by atoms with Crippen LogP contribution in [0.5, 0.6) is 0 Å². The van der Waals surface area contributed by atoms with Gasteiger partial charge in [0.2, 0.25) is 0 Å². The molecule has 0 aromatic heterocycles. The van der Waals surface area contributed by atoms with Crippen molar-refractivity contribution >= 4 is 0 Å². The highest BCUT2D eigenvalue weighted by molar-refractivity contribution is 5.47. The molecule has 13 N–H and O–H groups in total. The monoisotopic (exact) mass is 959 g/mol. The fourth-order valence-corrected chi connectivity index (χ4v) is 14.6. The Kier molecular flexibility index (Phi) is 14.5. The molecule has 0 unspecified atom stereocenters. The number of aliphatic hydroxyl groups is 13. The predicted octanol–water partition coefficient (Wildman–Crippen LogP) is -1.52. The molecule has 0 radical (unpaired) electrons. The van der Waals surface area contributed by atoms with Gasteiger partial charge in [-0.2, -0.15) is 0 Å². The van der Waals surface area contributed by atoms with Gasteiger partial charge in [-0.15, -0.1) is 0 Å². The zero-order valence-corrected chi connectivity index (χ0v) is 39.6. The number of hydrogen-bond donors (Lipinski definition) is 13. The maximum Gasteiger partial charge on any atom is 0.187 e. The highest BCUT2D eigenvalue weighted by atomic mass is 16.8.